The van der Waals surface area contributed by atoms with Gasteiger partial charge < -0.3 is 9.88 Å². The highest BCUT2D eigenvalue weighted by Gasteiger charge is 2.57. The monoisotopic (exact) mass is 505 g/mol. The lowest BCUT2D eigenvalue weighted by Crippen LogP contribution is -2.40. The minimum Gasteiger partial charge on any atom is -0.341 e. The number of anilines is 1. The first-order valence-electron chi connectivity index (χ1n) is 9.81. The zero-order valence-corrected chi connectivity index (χ0v) is 19.0. The standard InChI is InChI=1S/C20H20F5N5O3S/c1-4-34(32,33)15-5-6-16(29(3)18(31)26-2)28-17(15)13-9-12-7-8-30(14(12)10-27-13)11-19(21,22)20(23,24)25/h5-10H,4,11H2,1-3H3,(H,26,31). The van der Waals surface area contributed by atoms with Crippen LogP contribution in [-0.2, 0) is 16.4 Å². The largest absolute Gasteiger partial charge is 0.455 e. The number of pyridine rings is 2. The van der Waals surface area contributed by atoms with Crippen LogP contribution in [0, 0.1) is 0 Å². The maximum Gasteiger partial charge on any atom is 0.455 e. The van der Waals surface area contributed by atoms with Crippen molar-refractivity contribution in [1.29, 1.82) is 0 Å². The predicted octanol–water partition coefficient (Wildman–Crippen LogP) is 3.87. The van der Waals surface area contributed by atoms with Crippen molar-refractivity contribution in [3.05, 3.63) is 36.7 Å². The van der Waals surface area contributed by atoms with Gasteiger partial charge in [0.25, 0.3) is 0 Å². The lowest BCUT2D eigenvalue weighted by molar-refractivity contribution is -0.286. The molecule has 2 amide bonds. The molecule has 0 saturated carbocycles. The quantitative estimate of drug-likeness (QED) is 0.513. The fourth-order valence-corrected chi connectivity index (χ4v) is 4.17. The van der Waals surface area contributed by atoms with E-state index in [1.807, 2.05) is 0 Å². The maximum absolute atomic E-state index is 13.5. The Hall–Kier alpha value is -3.29. The molecule has 14 heteroatoms. The van der Waals surface area contributed by atoms with Gasteiger partial charge in [0, 0.05) is 25.7 Å². The van der Waals surface area contributed by atoms with E-state index in [4.69, 9.17) is 0 Å². The molecular weight excluding hydrogens is 485 g/mol. The summed E-state index contributed by atoms with van der Waals surface area (Å²) in [5, 5.41) is 2.65. The number of alkyl halides is 5. The van der Waals surface area contributed by atoms with Crippen LogP contribution in [0.25, 0.3) is 22.3 Å². The van der Waals surface area contributed by atoms with Crippen molar-refractivity contribution in [1.82, 2.24) is 19.9 Å². The summed E-state index contributed by atoms with van der Waals surface area (Å²) in [6.45, 7) is -0.206. The Morgan fingerprint density at radius 2 is 1.85 bits per heavy atom. The van der Waals surface area contributed by atoms with E-state index in [0.29, 0.717) is 4.57 Å². The van der Waals surface area contributed by atoms with E-state index in [9.17, 15) is 35.2 Å². The predicted molar refractivity (Wildman–Crippen MR) is 115 cm³/mol. The number of aromatic nitrogens is 3. The van der Waals surface area contributed by atoms with Gasteiger partial charge in [0.05, 0.1) is 34.6 Å². The summed E-state index contributed by atoms with van der Waals surface area (Å²) in [5.74, 6) is -5.11. The Morgan fingerprint density at radius 3 is 2.44 bits per heavy atom. The number of hydrogen-bond donors (Lipinski definition) is 1. The van der Waals surface area contributed by atoms with Crippen LogP contribution in [0.2, 0.25) is 0 Å². The van der Waals surface area contributed by atoms with Gasteiger partial charge >= 0.3 is 18.1 Å². The molecule has 0 saturated heterocycles. The summed E-state index contributed by atoms with van der Waals surface area (Å²) < 4.78 is 90.9. The number of fused-ring (bicyclic) bond motifs is 1. The molecule has 0 aliphatic rings. The van der Waals surface area contributed by atoms with Gasteiger partial charge in [0.15, 0.2) is 9.84 Å². The smallest absolute Gasteiger partial charge is 0.341 e. The van der Waals surface area contributed by atoms with E-state index in [1.54, 1.807) is 0 Å². The van der Waals surface area contributed by atoms with Gasteiger partial charge in [-0.3, -0.25) is 9.88 Å². The number of rotatable bonds is 6. The normalized spacial score (nSPS) is 12.7. The van der Waals surface area contributed by atoms with Crippen LogP contribution < -0.4 is 10.2 Å². The summed E-state index contributed by atoms with van der Waals surface area (Å²) >= 11 is 0. The molecule has 3 aromatic heterocycles. The Morgan fingerprint density at radius 1 is 1.18 bits per heavy atom. The number of urea groups is 1. The molecule has 3 aromatic rings. The molecular formula is C20H20F5N5O3S. The molecule has 0 unspecified atom stereocenters. The summed E-state index contributed by atoms with van der Waals surface area (Å²) in [5.41, 5.74) is -0.0661. The molecule has 184 valence electrons. The van der Waals surface area contributed by atoms with E-state index >= 15 is 0 Å². The van der Waals surface area contributed by atoms with Gasteiger partial charge in [-0.15, -0.1) is 0 Å². The van der Waals surface area contributed by atoms with E-state index < -0.39 is 34.5 Å². The Labute approximate surface area is 191 Å². The highest BCUT2D eigenvalue weighted by atomic mass is 32.2. The van der Waals surface area contributed by atoms with Crippen LogP contribution in [0.5, 0.6) is 0 Å². The summed E-state index contributed by atoms with van der Waals surface area (Å²) in [6, 6.07) is 4.74. The minimum atomic E-state index is -5.72. The zero-order valence-electron chi connectivity index (χ0n) is 18.2. The second-order valence-electron chi connectivity index (χ2n) is 7.31. The van der Waals surface area contributed by atoms with E-state index in [1.165, 1.54) is 45.3 Å². The van der Waals surface area contributed by atoms with Gasteiger partial charge in [-0.05, 0) is 24.3 Å². The Balaban J connectivity index is 2.13. The number of halogens is 5. The third kappa shape index (κ3) is 4.67. The van der Waals surface area contributed by atoms with Crippen LogP contribution in [0.4, 0.5) is 32.6 Å². The highest BCUT2D eigenvalue weighted by molar-refractivity contribution is 7.91. The fourth-order valence-electron chi connectivity index (χ4n) is 3.14. The first kappa shape index (κ1) is 25.3. The highest BCUT2D eigenvalue weighted by Crippen LogP contribution is 2.38. The van der Waals surface area contributed by atoms with Gasteiger partial charge in [0.2, 0.25) is 0 Å². The van der Waals surface area contributed by atoms with Crippen molar-refractivity contribution in [2.45, 2.75) is 30.5 Å². The molecule has 8 nitrogen and oxygen atoms in total. The van der Waals surface area contributed by atoms with Gasteiger partial charge in [0.1, 0.15) is 11.5 Å². The molecule has 0 bridgehead atoms. The van der Waals surface area contributed by atoms with Crippen molar-refractivity contribution >= 4 is 32.6 Å². The third-order valence-electron chi connectivity index (χ3n) is 5.10. The lowest BCUT2D eigenvalue weighted by atomic mass is 10.2. The van der Waals surface area contributed by atoms with Crippen molar-refractivity contribution in [3.8, 4) is 11.4 Å². The van der Waals surface area contributed by atoms with Crippen molar-refractivity contribution in [3.63, 3.8) is 0 Å². The molecule has 0 spiro atoms. The maximum atomic E-state index is 13.5. The number of nitrogens with one attached hydrogen (secondary N) is 1. The zero-order chi connectivity index (χ0) is 25.5. The van der Waals surface area contributed by atoms with Crippen LogP contribution in [-0.4, -0.2) is 60.9 Å². The summed E-state index contributed by atoms with van der Waals surface area (Å²) in [4.78, 5) is 21.3. The Bertz CT molecular complexity index is 1340. The molecule has 0 aromatic carbocycles. The van der Waals surface area contributed by atoms with Crippen LogP contribution in [0.15, 0.2) is 41.6 Å². The molecule has 1 N–H and O–H groups in total. The molecule has 3 rings (SSSR count). The number of carbonyl (C=O) groups is 1. The number of amides is 2. The first-order chi connectivity index (χ1) is 15.7. The van der Waals surface area contributed by atoms with Crippen LogP contribution in [0.3, 0.4) is 0 Å². The van der Waals surface area contributed by atoms with Crippen molar-refractivity contribution < 1.29 is 35.2 Å². The number of carbonyl (C=O) groups excluding carboxylic acids is 1. The number of sulfone groups is 1. The second kappa shape index (κ2) is 8.81. The summed E-state index contributed by atoms with van der Waals surface area (Å²) in [6.07, 6.45) is -3.60. The lowest BCUT2D eigenvalue weighted by Gasteiger charge is -2.20. The molecule has 0 fully saturated rings. The van der Waals surface area contributed by atoms with Crippen molar-refractivity contribution in [2.75, 3.05) is 24.7 Å². The van der Waals surface area contributed by atoms with Gasteiger partial charge in [-0.2, -0.15) is 22.0 Å². The molecule has 0 radical (unpaired) electrons. The molecule has 0 aliphatic carbocycles. The van der Waals surface area contributed by atoms with E-state index in [-0.39, 0.29) is 38.8 Å². The second-order valence-corrected chi connectivity index (χ2v) is 9.55. The van der Waals surface area contributed by atoms with E-state index in [2.05, 4.69) is 15.3 Å². The SMILES string of the molecule is CCS(=O)(=O)c1ccc(N(C)C(=O)NC)nc1-c1cc2ccn(CC(F)(F)C(F)(F)F)c2cn1. The van der Waals surface area contributed by atoms with Crippen molar-refractivity contribution in [2.24, 2.45) is 0 Å². The molecule has 34 heavy (non-hydrogen) atoms. The fraction of sp³-hybridized carbons (Fsp3) is 0.350. The molecule has 0 aliphatic heterocycles. The van der Waals surface area contributed by atoms with E-state index in [0.717, 1.165) is 17.3 Å². The van der Waals surface area contributed by atoms with Crippen LogP contribution in [0.1, 0.15) is 6.92 Å². The van der Waals surface area contributed by atoms with Gasteiger partial charge in [-0.1, -0.05) is 6.92 Å². The van der Waals surface area contributed by atoms with Crippen LogP contribution >= 0.6 is 0 Å². The average Bonchev–Trinajstić information content (AvgIpc) is 3.18. The third-order valence-corrected chi connectivity index (χ3v) is 6.86. The Kier molecular flexibility index (Phi) is 6.57. The van der Waals surface area contributed by atoms with Gasteiger partial charge in [-0.25, -0.2) is 18.2 Å². The first-order valence-corrected chi connectivity index (χ1v) is 11.5. The summed E-state index contributed by atoms with van der Waals surface area (Å²) in [7, 11) is -0.971. The molecule has 0 atom stereocenters. The minimum absolute atomic E-state index is 0.00814. The topological polar surface area (TPSA) is 97.2 Å². The molecule has 3 heterocycles. The number of nitrogens with zero attached hydrogens (tertiary/aromatic N) is 4. The number of hydrogen-bond acceptors (Lipinski definition) is 5. The average molecular weight is 505 g/mol.